The van der Waals surface area contributed by atoms with Gasteiger partial charge < -0.3 is 4.74 Å². The molecule has 0 saturated heterocycles. The molecule has 0 spiro atoms. The first-order valence-corrected chi connectivity index (χ1v) is 6.32. The molecular weight excluding hydrogens is 278 g/mol. The maximum atomic E-state index is 13.0. The minimum atomic E-state index is -1.17. The van der Waals surface area contributed by atoms with Crippen LogP contribution in [0.2, 0.25) is 0 Å². The van der Waals surface area contributed by atoms with Crippen LogP contribution in [0.25, 0.3) is 0 Å². The molecule has 0 fully saturated rings. The summed E-state index contributed by atoms with van der Waals surface area (Å²) in [6, 6.07) is 1.10. The summed E-state index contributed by atoms with van der Waals surface area (Å²) in [5.41, 5.74) is -1.33. The Morgan fingerprint density at radius 1 is 1.53 bits per heavy atom. The maximum absolute atomic E-state index is 13.0. The number of alkyl halides is 1. The van der Waals surface area contributed by atoms with Crippen LogP contribution < -0.4 is 11.2 Å². The number of aromatic nitrogens is 2. The largest absolute Gasteiger partial charge is 0.349 e. The average molecular weight is 292 g/mol. The van der Waals surface area contributed by atoms with Crippen LogP contribution in [0, 0.1) is 0 Å². The molecule has 1 heterocycles. The average Bonchev–Trinajstić information content (AvgIpc) is 2.40. The molecule has 19 heavy (non-hydrogen) atoms. The fraction of sp³-hybridized carbons (Fsp3) is 0.600. The first kappa shape index (κ1) is 15.7. The van der Waals surface area contributed by atoms with Gasteiger partial charge in [-0.05, 0) is 6.42 Å². The molecule has 1 N–H and O–H groups in total. The van der Waals surface area contributed by atoms with Gasteiger partial charge in [0.05, 0.1) is 12.7 Å². The third-order valence-corrected chi connectivity index (χ3v) is 2.67. The van der Waals surface area contributed by atoms with Gasteiger partial charge in [-0.15, -0.1) is 0 Å². The normalized spacial score (nSPS) is 14.4. The number of ether oxygens (including phenoxy) is 1. The third-order valence-electron chi connectivity index (χ3n) is 2.41. The van der Waals surface area contributed by atoms with E-state index in [4.69, 9.17) is 4.74 Å². The third kappa shape index (κ3) is 4.66. The molecule has 0 aromatic carbocycles. The Balaban J connectivity index is 2.84. The lowest BCUT2D eigenvalue weighted by Gasteiger charge is -2.22. The summed E-state index contributed by atoms with van der Waals surface area (Å²) in [5.74, 6) is 0. The molecule has 2 atom stereocenters. The van der Waals surface area contributed by atoms with Gasteiger partial charge >= 0.3 is 14.4 Å². The van der Waals surface area contributed by atoms with Crippen LogP contribution in [-0.2, 0) is 13.8 Å². The highest BCUT2D eigenvalue weighted by Crippen LogP contribution is 2.13. The predicted octanol–water partition coefficient (Wildman–Crippen LogP) is 1.02. The highest BCUT2D eigenvalue weighted by atomic mass is 31.1. The van der Waals surface area contributed by atoms with Gasteiger partial charge in [-0.1, -0.05) is 6.92 Å². The number of halogens is 1. The summed E-state index contributed by atoms with van der Waals surface area (Å²) in [4.78, 5) is 24.4. The second-order valence-corrected chi connectivity index (χ2v) is 4.07. The van der Waals surface area contributed by atoms with Crippen molar-refractivity contribution in [2.24, 2.45) is 0 Å². The van der Waals surface area contributed by atoms with Crippen LogP contribution in [-0.4, -0.2) is 28.9 Å². The van der Waals surface area contributed by atoms with Crippen molar-refractivity contribution in [2.45, 2.75) is 25.7 Å². The maximum Gasteiger partial charge on any atom is 0.330 e. The van der Waals surface area contributed by atoms with E-state index in [0.29, 0.717) is 6.42 Å². The van der Waals surface area contributed by atoms with Crippen molar-refractivity contribution in [3.05, 3.63) is 33.1 Å². The van der Waals surface area contributed by atoms with E-state index < -0.39 is 38.9 Å². The smallest absolute Gasteiger partial charge is 0.330 e. The van der Waals surface area contributed by atoms with Gasteiger partial charge in [0.15, 0.2) is 6.23 Å². The predicted molar refractivity (Wildman–Crippen MR) is 65.1 cm³/mol. The second-order valence-electron chi connectivity index (χ2n) is 3.66. The fourth-order valence-corrected chi connectivity index (χ4v) is 1.65. The van der Waals surface area contributed by atoms with E-state index in [1.807, 2.05) is 4.98 Å². The fourth-order valence-electron chi connectivity index (χ4n) is 1.42. The molecule has 2 unspecified atom stereocenters. The van der Waals surface area contributed by atoms with E-state index in [-0.39, 0.29) is 6.61 Å². The lowest BCUT2D eigenvalue weighted by molar-refractivity contribution is -0.0821. The molecule has 0 aliphatic carbocycles. The molecule has 0 saturated carbocycles. The van der Waals surface area contributed by atoms with Crippen molar-refractivity contribution < 1.29 is 18.2 Å². The highest BCUT2D eigenvalue weighted by molar-refractivity contribution is 7.17. The summed E-state index contributed by atoms with van der Waals surface area (Å²) >= 11 is 0. The zero-order valence-corrected chi connectivity index (χ0v) is 11.1. The Labute approximate surface area is 109 Å². The van der Waals surface area contributed by atoms with E-state index in [2.05, 4.69) is 4.52 Å². The number of nitrogens with zero attached hydrogens (tertiary/aromatic N) is 1. The topological polar surface area (TPSA) is 90.4 Å². The van der Waals surface area contributed by atoms with Crippen LogP contribution >= 0.6 is 8.69 Å². The molecule has 0 radical (unpaired) electrons. The Morgan fingerprint density at radius 2 is 2.26 bits per heavy atom. The van der Waals surface area contributed by atoms with Crippen molar-refractivity contribution in [3.8, 4) is 0 Å². The Kier molecular flexibility index (Phi) is 6.55. The zero-order valence-electron chi connectivity index (χ0n) is 10.2. The molecule has 1 rings (SSSR count). The molecule has 0 aliphatic heterocycles. The molecule has 1 aromatic heterocycles. The monoisotopic (exact) mass is 292 g/mol. The minimum Gasteiger partial charge on any atom is -0.349 e. The van der Waals surface area contributed by atoms with E-state index in [1.54, 1.807) is 6.92 Å². The van der Waals surface area contributed by atoms with Crippen LogP contribution in [0.1, 0.15) is 19.6 Å². The lowest BCUT2D eigenvalue weighted by Crippen LogP contribution is -2.35. The van der Waals surface area contributed by atoms with E-state index in [0.717, 1.165) is 16.8 Å². The molecule has 0 aliphatic rings. The summed E-state index contributed by atoms with van der Waals surface area (Å²) in [7, 11) is -0.493. The molecule has 106 valence electrons. The molecular formula is C10H14FN2O5P. The number of aromatic amines is 1. The SMILES string of the molecule is CCC(COP=O)OC(CF)n1ccc(=O)[nH]c1=O. The quantitative estimate of drug-likeness (QED) is 0.722. The number of rotatable bonds is 8. The van der Waals surface area contributed by atoms with Gasteiger partial charge in [-0.2, -0.15) is 0 Å². The Morgan fingerprint density at radius 3 is 2.79 bits per heavy atom. The minimum absolute atomic E-state index is 0.0101. The number of H-pyrrole nitrogens is 1. The molecule has 0 bridgehead atoms. The summed E-state index contributed by atoms with van der Waals surface area (Å²) in [6.07, 6.45) is -0.0307. The van der Waals surface area contributed by atoms with Gasteiger partial charge in [0.2, 0.25) is 0 Å². The van der Waals surface area contributed by atoms with Gasteiger partial charge in [0.25, 0.3) is 5.56 Å². The lowest BCUT2D eigenvalue weighted by atomic mass is 10.3. The van der Waals surface area contributed by atoms with Gasteiger partial charge in [0, 0.05) is 12.3 Å². The van der Waals surface area contributed by atoms with Crippen molar-refractivity contribution in [2.75, 3.05) is 13.3 Å². The van der Waals surface area contributed by atoms with Gasteiger partial charge in [0.1, 0.15) is 6.67 Å². The van der Waals surface area contributed by atoms with Crippen molar-refractivity contribution in [1.29, 1.82) is 0 Å². The van der Waals surface area contributed by atoms with E-state index in [9.17, 15) is 18.5 Å². The van der Waals surface area contributed by atoms with Crippen LogP contribution in [0.15, 0.2) is 21.9 Å². The van der Waals surface area contributed by atoms with Crippen LogP contribution in [0.4, 0.5) is 4.39 Å². The molecule has 9 heteroatoms. The Hall–Kier alpha value is -1.37. The van der Waals surface area contributed by atoms with Crippen LogP contribution in [0.3, 0.4) is 0 Å². The highest BCUT2D eigenvalue weighted by Gasteiger charge is 2.18. The van der Waals surface area contributed by atoms with Gasteiger partial charge in [-0.3, -0.25) is 18.9 Å². The Bertz CT molecular complexity index is 517. The van der Waals surface area contributed by atoms with E-state index in [1.165, 1.54) is 0 Å². The first-order valence-electron chi connectivity index (χ1n) is 5.59. The number of nitrogens with one attached hydrogen (secondary N) is 1. The van der Waals surface area contributed by atoms with Crippen molar-refractivity contribution >= 4 is 8.69 Å². The first-order chi connectivity index (χ1) is 9.12. The van der Waals surface area contributed by atoms with Crippen LogP contribution in [0.5, 0.6) is 0 Å². The summed E-state index contributed by atoms with van der Waals surface area (Å²) in [5, 5.41) is 0. The van der Waals surface area contributed by atoms with Crippen molar-refractivity contribution in [3.63, 3.8) is 0 Å². The molecule has 1 aromatic rings. The van der Waals surface area contributed by atoms with Gasteiger partial charge in [-0.25, -0.2) is 13.8 Å². The summed E-state index contributed by atoms with van der Waals surface area (Å²) in [6.45, 7) is 0.842. The zero-order chi connectivity index (χ0) is 14.3. The number of hydrogen-bond donors (Lipinski definition) is 1. The number of hydrogen-bond acceptors (Lipinski definition) is 5. The molecule has 0 amide bonds. The standard InChI is InChI=1S/C10H14FN2O5P/c1-2-7(6-17-19-16)18-9(5-11)13-4-3-8(14)12-10(13)15/h3-4,7,9H,2,5-6H2,1H3,(H,12,14,15). The second kappa shape index (κ2) is 7.93. The molecule has 7 nitrogen and oxygen atoms in total. The summed E-state index contributed by atoms with van der Waals surface area (Å²) < 4.78 is 34.1. The van der Waals surface area contributed by atoms with E-state index >= 15 is 0 Å². The van der Waals surface area contributed by atoms with Crippen molar-refractivity contribution in [1.82, 2.24) is 9.55 Å².